The first-order valence-electron chi connectivity index (χ1n) is 7.84. The SMILES string of the molecule is CC(C)c1nc2c(o1)CCN(C(=O)CCc1ccc(=O)[nH]n1)C2. The Labute approximate surface area is 133 Å². The number of aromatic amines is 1. The average Bonchev–Trinajstić information content (AvgIpc) is 2.97. The van der Waals surface area contributed by atoms with E-state index in [-0.39, 0.29) is 17.4 Å². The first-order chi connectivity index (χ1) is 11.0. The fraction of sp³-hybridized carbons (Fsp3) is 0.500. The van der Waals surface area contributed by atoms with E-state index in [0.717, 1.165) is 17.3 Å². The molecule has 0 unspecified atom stereocenters. The van der Waals surface area contributed by atoms with Crippen LogP contribution in [0.4, 0.5) is 0 Å². The summed E-state index contributed by atoms with van der Waals surface area (Å²) in [5.41, 5.74) is 1.34. The summed E-state index contributed by atoms with van der Waals surface area (Å²) in [7, 11) is 0. The van der Waals surface area contributed by atoms with Crippen LogP contribution in [0.3, 0.4) is 0 Å². The maximum Gasteiger partial charge on any atom is 0.264 e. The van der Waals surface area contributed by atoms with Crippen LogP contribution in [0.5, 0.6) is 0 Å². The van der Waals surface area contributed by atoms with Crippen molar-refractivity contribution in [3.63, 3.8) is 0 Å². The molecule has 0 saturated carbocycles. The molecule has 7 heteroatoms. The molecule has 0 spiro atoms. The van der Waals surface area contributed by atoms with Crippen LogP contribution < -0.4 is 5.56 Å². The lowest BCUT2D eigenvalue weighted by Crippen LogP contribution is -2.36. The molecule has 0 radical (unpaired) electrons. The van der Waals surface area contributed by atoms with Crippen molar-refractivity contribution < 1.29 is 9.21 Å². The van der Waals surface area contributed by atoms with Crippen molar-refractivity contribution in [2.45, 2.75) is 45.6 Å². The summed E-state index contributed by atoms with van der Waals surface area (Å²) >= 11 is 0. The van der Waals surface area contributed by atoms with E-state index >= 15 is 0 Å². The standard InChI is InChI=1S/C16H20N4O3/c1-10(2)16-17-12-9-20(8-7-13(12)23-16)15(22)6-4-11-3-5-14(21)19-18-11/h3,5,10H,4,6-9H2,1-2H3,(H,19,21). The molecule has 0 saturated heterocycles. The van der Waals surface area contributed by atoms with Crippen molar-refractivity contribution in [1.82, 2.24) is 20.1 Å². The van der Waals surface area contributed by atoms with Gasteiger partial charge in [0.1, 0.15) is 11.5 Å². The van der Waals surface area contributed by atoms with Crippen LogP contribution in [0, 0.1) is 0 Å². The summed E-state index contributed by atoms with van der Waals surface area (Å²) in [5, 5.41) is 6.30. The molecule has 0 bridgehead atoms. The Morgan fingerprint density at radius 2 is 2.26 bits per heavy atom. The van der Waals surface area contributed by atoms with E-state index in [0.29, 0.717) is 38.0 Å². The molecule has 122 valence electrons. The third kappa shape index (κ3) is 3.49. The molecule has 2 aromatic heterocycles. The molecule has 2 aromatic rings. The Hall–Kier alpha value is -2.44. The second kappa shape index (κ2) is 6.36. The van der Waals surface area contributed by atoms with Gasteiger partial charge in [0.05, 0.1) is 12.2 Å². The molecule has 3 heterocycles. The number of nitrogens with zero attached hydrogens (tertiary/aromatic N) is 3. The molecule has 7 nitrogen and oxygen atoms in total. The molecule has 0 aromatic carbocycles. The zero-order chi connectivity index (χ0) is 16.4. The summed E-state index contributed by atoms with van der Waals surface area (Å²) in [5.74, 6) is 1.95. The van der Waals surface area contributed by atoms with Crippen molar-refractivity contribution in [2.24, 2.45) is 0 Å². The van der Waals surface area contributed by atoms with E-state index in [2.05, 4.69) is 15.2 Å². The van der Waals surface area contributed by atoms with Gasteiger partial charge in [-0.1, -0.05) is 13.8 Å². The van der Waals surface area contributed by atoms with Gasteiger partial charge in [0.25, 0.3) is 5.56 Å². The van der Waals surface area contributed by atoms with Gasteiger partial charge < -0.3 is 9.32 Å². The number of aromatic nitrogens is 3. The Kier molecular flexibility index (Phi) is 4.27. The third-order valence-corrected chi connectivity index (χ3v) is 3.92. The van der Waals surface area contributed by atoms with Gasteiger partial charge in [-0.05, 0) is 6.07 Å². The van der Waals surface area contributed by atoms with E-state index in [1.54, 1.807) is 11.0 Å². The van der Waals surface area contributed by atoms with Crippen LogP contribution in [0.25, 0.3) is 0 Å². The monoisotopic (exact) mass is 316 g/mol. The number of hydrogen-bond acceptors (Lipinski definition) is 5. The molecular weight excluding hydrogens is 296 g/mol. The van der Waals surface area contributed by atoms with Crippen LogP contribution in [-0.2, 0) is 24.2 Å². The maximum absolute atomic E-state index is 12.4. The largest absolute Gasteiger partial charge is 0.445 e. The zero-order valence-electron chi connectivity index (χ0n) is 13.3. The molecule has 0 fully saturated rings. The summed E-state index contributed by atoms with van der Waals surface area (Å²) in [4.78, 5) is 29.6. The van der Waals surface area contributed by atoms with Crippen LogP contribution >= 0.6 is 0 Å². The fourth-order valence-electron chi connectivity index (χ4n) is 2.58. The average molecular weight is 316 g/mol. The number of rotatable bonds is 4. The lowest BCUT2D eigenvalue weighted by Gasteiger charge is -2.25. The fourth-order valence-corrected chi connectivity index (χ4v) is 2.58. The molecule has 0 atom stereocenters. The lowest BCUT2D eigenvalue weighted by molar-refractivity contribution is -0.132. The Bertz CT molecular complexity index is 742. The number of amides is 1. The van der Waals surface area contributed by atoms with Gasteiger partial charge in [0, 0.05) is 37.8 Å². The van der Waals surface area contributed by atoms with Crippen molar-refractivity contribution in [1.29, 1.82) is 0 Å². The first-order valence-corrected chi connectivity index (χ1v) is 7.84. The molecule has 1 aliphatic heterocycles. The van der Waals surface area contributed by atoms with Crippen LogP contribution in [0.15, 0.2) is 21.3 Å². The molecule has 0 aliphatic carbocycles. The predicted molar refractivity (Wildman–Crippen MR) is 82.9 cm³/mol. The van der Waals surface area contributed by atoms with Crippen molar-refractivity contribution in [3.8, 4) is 0 Å². The summed E-state index contributed by atoms with van der Waals surface area (Å²) in [6.07, 6.45) is 1.58. The quantitative estimate of drug-likeness (QED) is 0.920. The van der Waals surface area contributed by atoms with Crippen LogP contribution in [0.1, 0.15) is 49.2 Å². The highest BCUT2D eigenvalue weighted by molar-refractivity contribution is 5.76. The van der Waals surface area contributed by atoms with Crippen molar-refractivity contribution in [3.05, 3.63) is 45.5 Å². The van der Waals surface area contributed by atoms with Gasteiger partial charge >= 0.3 is 0 Å². The summed E-state index contributed by atoms with van der Waals surface area (Å²) in [6, 6.07) is 3.07. The van der Waals surface area contributed by atoms with Gasteiger partial charge in [-0.3, -0.25) is 9.59 Å². The summed E-state index contributed by atoms with van der Waals surface area (Å²) < 4.78 is 5.74. The first kappa shape index (κ1) is 15.5. The van der Waals surface area contributed by atoms with Crippen LogP contribution in [0.2, 0.25) is 0 Å². The number of H-pyrrole nitrogens is 1. The van der Waals surface area contributed by atoms with Gasteiger partial charge in [-0.2, -0.15) is 5.10 Å². The van der Waals surface area contributed by atoms with Crippen molar-refractivity contribution in [2.75, 3.05) is 6.54 Å². The van der Waals surface area contributed by atoms with E-state index in [4.69, 9.17) is 4.42 Å². The number of aryl methyl sites for hydroxylation is 1. The minimum Gasteiger partial charge on any atom is -0.445 e. The van der Waals surface area contributed by atoms with Crippen LogP contribution in [-0.4, -0.2) is 32.5 Å². The minimum absolute atomic E-state index is 0.0674. The zero-order valence-corrected chi connectivity index (χ0v) is 13.3. The smallest absolute Gasteiger partial charge is 0.264 e. The number of nitrogens with one attached hydrogen (secondary N) is 1. The second-order valence-corrected chi connectivity index (χ2v) is 6.05. The molecule has 1 aliphatic rings. The summed E-state index contributed by atoms with van der Waals surface area (Å²) in [6.45, 7) is 5.23. The second-order valence-electron chi connectivity index (χ2n) is 6.05. The van der Waals surface area contributed by atoms with E-state index in [9.17, 15) is 9.59 Å². The number of oxazole rings is 1. The van der Waals surface area contributed by atoms with Gasteiger partial charge in [0.15, 0.2) is 5.89 Å². The van der Waals surface area contributed by atoms with Gasteiger partial charge in [-0.15, -0.1) is 0 Å². The van der Waals surface area contributed by atoms with Crippen molar-refractivity contribution >= 4 is 5.91 Å². The molecule has 3 rings (SSSR count). The number of hydrogen-bond donors (Lipinski definition) is 1. The Balaban J connectivity index is 1.60. The molecule has 1 amide bonds. The van der Waals surface area contributed by atoms with E-state index in [1.807, 2.05) is 13.8 Å². The molecular formula is C16H20N4O3. The minimum atomic E-state index is -0.240. The number of carbonyl (C=O) groups excluding carboxylic acids is 1. The Morgan fingerprint density at radius 3 is 2.96 bits per heavy atom. The number of fused-ring (bicyclic) bond motifs is 1. The van der Waals surface area contributed by atoms with Gasteiger partial charge in [0.2, 0.25) is 5.91 Å². The maximum atomic E-state index is 12.4. The predicted octanol–water partition coefficient (Wildman–Crippen LogP) is 1.40. The van der Waals surface area contributed by atoms with Gasteiger partial charge in [-0.25, -0.2) is 10.1 Å². The van der Waals surface area contributed by atoms with E-state index < -0.39 is 0 Å². The normalized spacial score (nSPS) is 14.1. The Morgan fingerprint density at radius 1 is 1.43 bits per heavy atom. The topological polar surface area (TPSA) is 92.1 Å². The van der Waals surface area contributed by atoms with E-state index in [1.165, 1.54) is 6.07 Å². The molecule has 1 N–H and O–H groups in total. The highest BCUT2D eigenvalue weighted by Crippen LogP contribution is 2.24. The molecule has 23 heavy (non-hydrogen) atoms. The third-order valence-electron chi connectivity index (χ3n) is 3.92. The number of carbonyl (C=O) groups is 1. The highest BCUT2D eigenvalue weighted by Gasteiger charge is 2.25. The highest BCUT2D eigenvalue weighted by atomic mass is 16.4. The lowest BCUT2D eigenvalue weighted by atomic mass is 10.1.